The van der Waals surface area contributed by atoms with Crippen LogP contribution >= 0.6 is 11.3 Å². The van der Waals surface area contributed by atoms with E-state index < -0.39 is 0 Å². The average Bonchev–Trinajstić information content (AvgIpc) is 2.96. The van der Waals surface area contributed by atoms with E-state index in [0.29, 0.717) is 19.6 Å². The Kier molecular flexibility index (Phi) is 5.40. The number of para-hydroxylation sites is 1. The Morgan fingerprint density at radius 3 is 2.80 bits per heavy atom. The summed E-state index contributed by atoms with van der Waals surface area (Å²) in [6.45, 7) is 1.47. The topological polar surface area (TPSA) is 37.6 Å². The van der Waals surface area contributed by atoms with Gasteiger partial charge in [0.05, 0.1) is 23.8 Å². The van der Waals surface area contributed by atoms with Gasteiger partial charge in [-0.15, -0.1) is 11.3 Å². The van der Waals surface area contributed by atoms with Crippen LogP contribution in [0.5, 0.6) is 0 Å². The largest absolute Gasteiger partial charge is 0.334 e. The van der Waals surface area contributed by atoms with Crippen LogP contribution in [-0.4, -0.2) is 36.4 Å². The molecule has 0 aliphatic heterocycles. The highest BCUT2D eigenvalue weighted by Crippen LogP contribution is 2.22. The molecule has 1 heterocycles. The van der Waals surface area contributed by atoms with Crippen molar-refractivity contribution in [1.82, 2.24) is 9.88 Å². The molecule has 0 aliphatic carbocycles. The van der Waals surface area contributed by atoms with Crippen LogP contribution in [0.2, 0.25) is 0 Å². The van der Waals surface area contributed by atoms with E-state index in [1.54, 1.807) is 29.4 Å². The maximum absolute atomic E-state index is 13.2. The minimum Gasteiger partial charge on any atom is -0.334 e. The third-order valence-corrected chi connectivity index (χ3v) is 5.01. The van der Waals surface area contributed by atoms with Gasteiger partial charge in [-0.25, -0.2) is 9.37 Å². The minimum absolute atomic E-state index is 0.0492. The van der Waals surface area contributed by atoms with Gasteiger partial charge in [-0.1, -0.05) is 24.3 Å². The number of nitrogens with one attached hydrogen (secondary N) is 1. The summed E-state index contributed by atoms with van der Waals surface area (Å²) in [5.41, 5.74) is 1.86. The summed E-state index contributed by atoms with van der Waals surface area (Å²) < 4.78 is 14.4. The lowest BCUT2D eigenvalue weighted by molar-refractivity contribution is -0.885. The third-order valence-electron chi connectivity index (χ3n) is 3.98. The Morgan fingerprint density at radius 2 is 2.04 bits per heavy atom. The van der Waals surface area contributed by atoms with E-state index in [4.69, 9.17) is 0 Å². The lowest BCUT2D eigenvalue weighted by Crippen LogP contribution is -3.08. The lowest BCUT2D eigenvalue weighted by Gasteiger charge is -2.19. The predicted molar refractivity (Wildman–Crippen MR) is 98.0 cm³/mol. The maximum Gasteiger partial charge on any atom is 0.277 e. The van der Waals surface area contributed by atoms with E-state index in [1.807, 2.05) is 37.4 Å². The summed E-state index contributed by atoms with van der Waals surface area (Å²) in [5.74, 6) is -0.197. The second kappa shape index (κ2) is 7.72. The Labute approximate surface area is 150 Å². The van der Waals surface area contributed by atoms with Crippen molar-refractivity contribution in [1.29, 1.82) is 0 Å². The van der Waals surface area contributed by atoms with Gasteiger partial charge in [0.1, 0.15) is 17.4 Å². The van der Waals surface area contributed by atoms with Crippen LogP contribution in [-0.2, 0) is 17.9 Å². The first kappa shape index (κ1) is 17.5. The van der Waals surface area contributed by atoms with Crippen molar-refractivity contribution in [2.24, 2.45) is 0 Å². The molecule has 4 nitrogen and oxygen atoms in total. The van der Waals surface area contributed by atoms with Gasteiger partial charge < -0.3 is 9.80 Å². The number of carbonyl (C=O) groups is 1. The van der Waals surface area contributed by atoms with Crippen LogP contribution in [0.1, 0.15) is 10.6 Å². The van der Waals surface area contributed by atoms with Crippen LogP contribution in [0.25, 0.3) is 10.2 Å². The van der Waals surface area contributed by atoms with E-state index in [9.17, 15) is 9.18 Å². The molecule has 1 atom stereocenters. The van der Waals surface area contributed by atoms with E-state index in [0.717, 1.165) is 25.7 Å². The number of benzene rings is 2. The fraction of sp³-hybridized carbons (Fsp3) is 0.263. The molecule has 6 heteroatoms. The number of quaternary nitrogens is 1. The standard InChI is InChI=1S/C19H20FN3OS/c1-22(11-14-6-5-7-15(20)10-14)13-19(24)23(2)12-18-21-16-8-3-4-9-17(16)25-18/h3-10H,11-13H2,1-2H3/p+1. The minimum atomic E-state index is -0.246. The molecule has 3 rings (SSSR count). The number of carbonyl (C=O) groups excluding carboxylic acids is 1. The highest BCUT2D eigenvalue weighted by Gasteiger charge is 2.17. The van der Waals surface area contributed by atoms with Crippen molar-refractivity contribution < 1.29 is 14.1 Å². The number of halogens is 1. The molecule has 130 valence electrons. The first-order valence-corrected chi connectivity index (χ1v) is 8.97. The van der Waals surface area contributed by atoms with Gasteiger partial charge in [0, 0.05) is 12.6 Å². The van der Waals surface area contributed by atoms with Crippen LogP contribution in [0.15, 0.2) is 48.5 Å². The Morgan fingerprint density at radius 1 is 1.24 bits per heavy atom. The molecule has 0 bridgehead atoms. The molecule has 0 aliphatic rings. The van der Waals surface area contributed by atoms with Crippen LogP contribution < -0.4 is 4.90 Å². The number of hydrogen-bond acceptors (Lipinski definition) is 3. The molecule has 0 saturated carbocycles. The van der Waals surface area contributed by atoms with E-state index in [-0.39, 0.29) is 11.7 Å². The molecule has 1 N–H and O–H groups in total. The van der Waals surface area contributed by atoms with Crippen molar-refractivity contribution in [2.45, 2.75) is 13.1 Å². The molecule has 0 spiro atoms. The first-order chi connectivity index (χ1) is 12.0. The number of hydrogen-bond donors (Lipinski definition) is 1. The van der Waals surface area contributed by atoms with Gasteiger partial charge in [-0.05, 0) is 24.3 Å². The number of amides is 1. The van der Waals surface area contributed by atoms with Gasteiger partial charge in [-0.3, -0.25) is 4.79 Å². The second-order valence-corrected chi connectivity index (χ2v) is 7.38. The average molecular weight is 358 g/mol. The van der Waals surface area contributed by atoms with E-state index in [1.165, 1.54) is 12.1 Å². The zero-order valence-corrected chi connectivity index (χ0v) is 15.1. The molecule has 1 amide bonds. The zero-order valence-electron chi connectivity index (χ0n) is 14.3. The molecule has 25 heavy (non-hydrogen) atoms. The predicted octanol–water partition coefficient (Wildman–Crippen LogP) is 2.11. The summed E-state index contributed by atoms with van der Waals surface area (Å²) >= 11 is 1.61. The first-order valence-electron chi connectivity index (χ1n) is 8.15. The fourth-order valence-corrected chi connectivity index (χ4v) is 3.75. The van der Waals surface area contributed by atoms with Crippen molar-refractivity contribution in [3.05, 3.63) is 64.9 Å². The second-order valence-electron chi connectivity index (χ2n) is 6.27. The smallest absolute Gasteiger partial charge is 0.277 e. The molecule has 1 aromatic heterocycles. The number of thiazole rings is 1. The normalized spacial score (nSPS) is 12.3. The third kappa shape index (κ3) is 4.61. The molecule has 2 aromatic carbocycles. The molecular weight excluding hydrogens is 337 g/mol. The quantitative estimate of drug-likeness (QED) is 0.733. The van der Waals surface area contributed by atoms with Gasteiger partial charge in [0.25, 0.3) is 5.91 Å². The number of rotatable bonds is 6. The van der Waals surface area contributed by atoms with Crippen molar-refractivity contribution in [3.63, 3.8) is 0 Å². The molecule has 0 radical (unpaired) electrons. The molecule has 0 fully saturated rings. The number of nitrogens with zero attached hydrogens (tertiary/aromatic N) is 2. The Balaban J connectivity index is 1.56. The SMILES string of the molecule is CN(Cc1nc2ccccc2s1)C(=O)C[NH+](C)Cc1cccc(F)c1. The summed E-state index contributed by atoms with van der Waals surface area (Å²) in [6, 6.07) is 14.5. The number of likely N-dealkylation sites (N-methyl/N-ethyl adjacent to an activating group) is 2. The van der Waals surface area contributed by atoms with Crippen LogP contribution in [0, 0.1) is 5.82 Å². The van der Waals surface area contributed by atoms with Crippen molar-refractivity contribution in [3.8, 4) is 0 Å². The fourth-order valence-electron chi connectivity index (χ4n) is 2.73. The summed E-state index contributed by atoms with van der Waals surface area (Å²) in [7, 11) is 3.73. The van der Waals surface area contributed by atoms with Crippen LogP contribution in [0.4, 0.5) is 4.39 Å². The van der Waals surface area contributed by atoms with Gasteiger partial charge in [0.2, 0.25) is 0 Å². The summed E-state index contributed by atoms with van der Waals surface area (Å²) in [5, 5.41) is 0.930. The molecular formula is C19H21FN3OS+. The Bertz CT molecular complexity index is 847. The molecule has 1 unspecified atom stereocenters. The van der Waals surface area contributed by atoms with Gasteiger partial charge in [0.15, 0.2) is 6.54 Å². The van der Waals surface area contributed by atoms with Gasteiger partial charge in [-0.2, -0.15) is 0 Å². The zero-order chi connectivity index (χ0) is 17.8. The number of fused-ring (bicyclic) bond motifs is 1. The lowest BCUT2D eigenvalue weighted by atomic mass is 10.2. The van der Waals surface area contributed by atoms with Crippen LogP contribution in [0.3, 0.4) is 0 Å². The Hall–Kier alpha value is -2.31. The highest BCUT2D eigenvalue weighted by atomic mass is 32.1. The summed E-state index contributed by atoms with van der Waals surface area (Å²) in [6.07, 6.45) is 0. The summed E-state index contributed by atoms with van der Waals surface area (Å²) in [4.78, 5) is 19.7. The maximum atomic E-state index is 13.2. The highest BCUT2D eigenvalue weighted by molar-refractivity contribution is 7.18. The van der Waals surface area contributed by atoms with E-state index in [2.05, 4.69) is 4.98 Å². The van der Waals surface area contributed by atoms with Gasteiger partial charge >= 0.3 is 0 Å². The van der Waals surface area contributed by atoms with Crippen molar-refractivity contribution >= 4 is 27.5 Å². The monoisotopic (exact) mass is 358 g/mol. The van der Waals surface area contributed by atoms with E-state index >= 15 is 0 Å². The number of aromatic nitrogens is 1. The molecule has 0 saturated heterocycles. The van der Waals surface area contributed by atoms with Crippen molar-refractivity contribution in [2.75, 3.05) is 20.6 Å². The molecule has 3 aromatic rings.